The first-order valence-corrected chi connectivity index (χ1v) is 5.37. The molecular formula is C11H21NO. The predicted octanol–water partition coefficient (Wildman–Crippen LogP) is 2.05. The van der Waals surface area contributed by atoms with Crippen LogP contribution in [0, 0.1) is 5.92 Å². The van der Waals surface area contributed by atoms with Crippen molar-refractivity contribution in [1.82, 2.24) is 5.32 Å². The molecule has 0 aromatic carbocycles. The van der Waals surface area contributed by atoms with Gasteiger partial charge in [-0.2, -0.15) is 0 Å². The van der Waals surface area contributed by atoms with E-state index in [0.717, 1.165) is 32.2 Å². The molecule has 2 nitrogen and oxygen atoms in total. The Balaban J connectivity index is 2.61. The van der Waals surface area contributed by atoms with E-state index in [0.29, 0.717) is 12.5 Å². The van der Waals surface area contributed by atoms with E-state index in [4.69, 9.17) is 5.11 Å². The highest BCUT2D eigenvalue weighted by molar-refractivity contribution is 5.16. The number of nitrogens with one attached hydrogen (secondary N) is 1. The van der Waals surface area contributed by atoms with Crippen LogP contribution in [0.4, 0.5) is 0 Å². The smallest absolute Gasteiger partial charge is 0.0462 e. The van der Waals surface area contributed by atoms with Gasteiger partial charge in [-0.25, -0.2) is 0 Å². The van der Waals surface area contributed by atoms with Gasteiger partial charge in [-0.05, 0) is 38.5 Å². The largest absolute Gasteiger partial charge is 0.396 e. The summed E-state index contributed by atoms with van der Waals surface area (Å²) in [5.74, 6) is 0.511. The Kier molecular flexibility index (Phi) is 4.29. The van der Waals surface area contributed by atoms with Gasteiger partial charge in [0, 0.05) is 18.8 Å². The summed E-state index contributed by atoms with van der Waals surface area (Å²) < 4.78 is 0. The third-order valence-electron chi connectivity index (χ3n) is 2.84. The van der Waals surface area contributed by atoms with Crippen molar-refractivity contribution < 1.29 is 5.11 Å². The number of aliphatic hydroxyl groups excluding tert-OH is 1. The van der Waals surface area contributed by atoms with E-state index in [-0.39, 0.29) is 0 Å². The van der Waals surface area contributed by atoms with Crippen LogP contribution in [0.3, 0.4) is 0 Å². The molecule has 2 N–H and O–H groups in total. The Labute approximate surface area is 81.0 Å². The molecule has 76 valence electrons. The lowest BCUT2D eigenvalue weighted by atomic mass is 9.86. The molecule has 0 aliphatic heterocycles. The number of hydrogen-bond acceptors (Lipinski definition) is 2. The summed E-state index contributed by atoms with van der Waals surface area (Å²) in [4.78, 5) is 0. The summed E-state index contributed by atoms with van der Waals surface area (Å²) in [6.07, 6.45) is 4.48. The Bertz CT molecular complexity index is 187. The minimum absolute atomic E-state index is 0.350. The van der Waals surface area contributed by atoms with E-state index < -0.39 is 0 Å². The van der Waals surface area contributed by atoms with Gasteiger partial charge < -0.3 is 10.4 Å². The van der Waals surface area contributed by atoms with Gasteiger partial charge in [-0.3, -0.25) is 0 Å². The van der Waals surface area contributed by atoms with Crippen molar-refractivity contribution in [3.05, 3.63) is 11.3 Å². The van der Waals surface area contributed by atoms with Gasteiger partial charge in [0.05, 0.1) is 0 Å². The molecular weight excluding hydrogens is 162 g/mol. The van der Waals surface area contributed by atoms with Crippen molar-refractivity contribution in [2.45, 2.75) is 39.5 Å². The summed E-state index contributed by atoms with van der Waals surface area (Å²) in [6, 6.07) is 0. The minimum atomic E-state index is 0.350. The number of allylic oxidation sites excluding steroid dienone is 2. The van der Waals surface area contributed by atoms with Crippen molar-refractivity contribution in [2.24, 2.45) is 5.92 Å². The van der Waals surface area contributed by atoms with Crippen LogP contribution in [0.25, 0.3) is 0 Å². The molecule has 1 rings (SSSR count). The van der Waals surface area contributed by atoms with Gasteiger partial charge in [0.2, 0.25) is 0 Å². The third-order valence-corrected chi connectivity index (χ3v) is 2.84. The second-order valence-electron chi connectivity index (χ2n) is 3.76. The molecule has 1 aliphatic rings. The highest BCUT2D eigenvalue weighted by Crippen LogP contribution is 2.29. The zero-order chi connectivity index (χ0) is 9.68. The van der Waals surface area contributed by atoms with E-state index in [2.05, 4.69) is 19.2 Å². The van der Waals surface area contributed by atoms with E-state index in [1.54, 1.807) is 0 Å². The quantitative estimate of drug-likeness (QED) is 0.699. The summed E-state index contributed by atoms with van der Waals surface area (Å²) in [5.41, 5.74) is 2.96. The first-order chi connectivity index (χ1) is 6.31. The van der Waals surface area contributed by atoms with Gasteiger partial charge in [0.15, 0.2) is 0 Å². The average molecular weight is 183 g/mol. The van der Waals surface area contributed by atoms with E-state index in [9.17, 15) is 0 Å². The summed E-state index contributed by atoms with van der Waals surface area (Å²) in [6.45, 7) is 5.70. The molecule has 1 atom stereocenters. The van der Waals surface area contributed by atoms with Crippen LogP contribution in [0.5, 0.6) is 0 Å². The molecule has 13 heavy (non-hydrogen) atoms. The fourth-order valence-electron chi connectivity index (χ4n) is 2.04. The molecule has 0 saturated heterocycles. The normalized spacial score (nSPS) is 23.5. The van der Waals surface area contributed by atoms with E-state index in [1.165, 1.54) is 11.3 Å². The van der Waals surface area contributed by atoms with Crippen LogP contribution in [0.1, 0.15) is 39.5 Å². The maximum absolute atomic E-state index is 9.08. The number of hydrogen-bond donors (Lipinski definition) is 2. The van der Waals surface area contributed by atoms with Gasteiger partial charge in [-0.15, -0.1) is 0 Å². The molecule has 0 fully saturated rings. The third kappa shape index (κ3) is 2.73. The highest BCUT2D eigenvalue weighted by atomic mass is 16.3. The van der Waals surface area contributed by atoms with Crippen LogP contribution < -0.4 is 5.32 Å². The summed E-state index contributed by atoms with van der Waals surface area (Å²) in [7, 11) is 0. The topological polar surface area (TPSA) is 32.3 Å². The van der Waals surface area contributed by atoms with E-state index in [1.807, 2.05) is 0 Å². The zero-order valence-corrected chi connectivity index (χ0v) is 8.77. The predicted molar refractivity (Wildman–Crippen MR) is 55.4 cm³/mol. The van der Waals surface area contributed by atoms with Crippen LogP contribution in [-0.4, -0.2) is 18.3 Å². The van der Waals surface area contributed by atoms with Crippen LogP contribution >= 0.6 is 0 Å². The first-order valence-electron chi connectivity index (χ1n) is 5.37. The van der Waals surface area contributed by atoms with Crippen LogP contribution in [-0.2, 0) is 0 Å². The van der Waals surface area contributed by atoms with Gasteiger partial charge >= 0.3 is 0 Å². The second kappa shape index (κ2) is 5.28. The molecule has 0 aromatic heterocycles. The minimum Gasteiger partial charge on any atom is -0.396 e. The molecule has 0 aromatic rings. The van der Waals surface area contributed by atoms with Crippen LogP contribution in [0.15, 0.2) is 11.3 Å². The molecule has 2 heteroatoms. The van der Waals surface area contributed by atoms with Crippen molar-refractivity contribution in [3.8, 4) is 0 Å². The second-order valence-corrected chi connectivity index (χ2v) is 3.76. The summed E-state index contributed by atoms with van der Waals surface area (Å²) >= 11 is 0. The van der Waals surface area contributed by atoms with Gasteiger partial charge in [0.25, 0.3) is 0 Å². The Morgan fingerprint density at radius 2 is 2.23 bits per heavy atom. The summed E-state index contributed by atoms with van der Waals surface area (Å²) in [5, 5.41) is 12.5. The standard InChI is InChI=1S/C11H21NO/c1-3-10-7-9(8-13)5-6-11(10)12-4-2/h9,12-13H,3-8H2,1-2H3/t9-/m1/s1. The van der Waals surface area contributed by atoms with Crippen molar-refractivity contribution in [3.63, 3.8) is 0 Å². The lowest BCUT2D eigenvalue weighted by Gasteiger charge is -2.26. The van der Waals surface area contributed by atoms with Crippen LogP contribution in [0.2, 0.25) is 0 Å². The lowest BCUT2D eigenvalue weighted by molar-refractivity contribution is 0.211. The SMILES string of the molecule is CCNC1=C(CC)C[C@H](CO)CC1. The highest BCUT2D eigenvalue weighted by Gasteiger charge is 2.18. The van der Waals surface area contributed by atoms with Gasteiger partial charge in [0.1, 0.15) is 0 Å². The Hall–Kier alpha value is -0.500. The molecule has 0 unspecified atom stereocenters. The monoisotopic (exact) mass is 183 g/mol. The molecule has 0 amide bonds. The molecule has 0 radical (unpaired) electrons. The molecule has 0 spiro atoms. The van der Waals surface area contributed by atoms with Crippen molar-refractivity contribution >= 4 is 0 Å². The molecule has 1 aliphatic carbocycles. The molecule has 0 saturated carbocycles. The maximum Gasteiger partial charge on any atom is 0.0462 e. The first kappa shape index (κ1) is 10.6. The molecule has 0 heterocycles. The van der Waals surface area contributed by atoms with Crippen molar-refractivity contribution in [2.75, 3.05) is 13.2 Å². The van der Waals surface area contributed by atoms with Crippen molar-refractivity contribution in [1.29, 1.82) is 0 Å². The van der Waals surface area contributed by atoms with Gasteiger partial charge in [-0.1, -0.05) is 12.5 Å². The number of rotatable bonds is 4. The Morgan fingerprint density at radius 3 is 2.77 bits per heavy atom. The lowest BCUT2D eigenvalue weighted by Crippen LogP contribution is -2.22. The van der Waals surface area contributed by atoms with E-state index >= 15 is 0 Å². The number of aliphatic hydroxyl groups is 1. The fourth-order valence-corrected chi connectivity index (χ4v) is 2.04. The fraction of sp³-hybridized carbons (Fsp3) is 0.818. The Morgan fingerprint density at radius 1 is 1.46 bits per heavy atom. The molecule has 0 bridgehead atoms. The zero-order valence-electron chi connectivity index (χ0n) is 8.77. The average Bonchev–Trinajstić information content (AvgIpc) is 2.19. The maximum atomic E-state index is 9.08.